The van der Waals surface area contributed by atoms with E-state index >= 15 is 0 Å². The second kappa shape index (κ2) is 12.4. The summed E-state index contributed by atoms with van der Waals surface area (Å²) < 4.78 is 5.27. The lowest BCUT2D eigenvalue weighted by Gasteiger charge is -2.37. The standard InChI is InChI=1S/C24H33N5OS.HI/c1-25-24(26-19-20-3-5-21(6-4-20)28-15-17-31-18-16-28)29-13-11-27(12-14-29)22-7-9-23(30-2)10-8-22;/h3-10H,11-19H2,1-2H3,(H,25,26);1H. The number of piperazine rings is 1. The van der Waals surface area contributed by atoms with Crippen LogP contribution in [0, 0.1) is 0 Å². The van der Waals surface area contributed by atoms with Crippen LogP contribution < -0.4 is 19.9 Å². The Balaban J connectivity index is 0.00000289. The molecule has 0 bridgehead atoms. The number of ether oxygens (including phenoxy) is 1. The van der Waals surface area contributed by atoms with Crippen molar-refractivity contribution >= 4 is 53.1 Å². The molecule has 2 aromatic carbocycles. The summed E-state index contributed by atoms with van der Waals surface area (Å²) in [6.45, 7) is 6.97. The maximum Gasteiger partial charge on any atom is 0.194 e. The summed E-state index contributed by atoms with van der Waals surface area (Å²) in [6, 6.07) is 17.3. The van der Waals surface area contributed by atoms with Crippen molar-refractivity contribution < 1.29 is 4.74 Å². The fourth-order valence-corrected chi connectivity index (χ4v) is 5.03. The number of guanidine groups is 1. The summed E-state index contributed by atoms with van der Waals surface area (Å²) in [5.74, 6) is 4.33. The van der Waals surface area contributed by atoms with Crippen molar-refractivity contribution in [2.45, 2.75) is 6.54 Å². The Morgan fingerprint density at radius 3 is 2.00 bits per heavy atom. The van der Waals surface area contributed by atoms with Crippen LogP contribution in [0.25, 0.3) is 0 Å². The van der Waals surface area contributed by atoms with E-state index in [4.69, 9.17) is 4.74 Å². The number of hydrogen-bond acceptors (Lipinski definition) is 5. The van der Waals surface area contributed by atoms with Crippen molar-refractivity contribution in [3.63, 3.8) is 0 Å². The van der Waals surface area contributed by atoms with Crippen LogP contribution in [0.1, 0.15) is 5.56 Å². The van der Waals surface area contributed by atoms with Crippen LogP contribution in [-0.2, 0) is 6.54 Å². The lowest BCUT2D eigenvalue weighted by molar-refractivity contribution is 0.372. The molecule has 2 fully saturated rings. The second-order valence-electron chi connectivity index (χ2n) is 7.84. The number of thioether (sulfide) groups is 1. The van der Waals surface area contributed by atoms with Gasteiger partial charge in [0, 0.05) is 75.7 Å². The molecule has 1 N–H and O–H groups in total. The molecule has 2 heterocycles. The van der Waals surface area contributed by atoms with Crippen LogP contribution in [0.5, 0.6) is 5.75 Å². The molecular formula is C24H34IN5OS. The molecule has 8 heteroatoms. The summed E-state index contributed by atoms with van der Waals surface area (Å²) in [4.78, 5) is 11.8. The van der Waals surface area contributed by atoms with Gasteiger partial charge in [0.15, 0.2) is 5.96 Å². The number of aliphatic imine (C=N–C) groups is 1. The number of benzene rings is 2. The smallest absolute Gasteiger partial charge is 0.194 e. The molecule has 2 aliphatic heterocycles. The van der Waals surface area contributed by atoms with Crippen LogP contribution in [-0.4, -0.2) is 75.8 Å². The predicted molar refractivity (Wildman–Crippen MR) is 148 cm³/mol. The third kappa shape index (κ3) is 6.37. The van der Waals surface area contributed by atoms with Crippen molar-refractivity contribution in [3.8, 4) is 5.75 Å². The first kappa shape index (κ1) is 24.8. The molecule has 0 unspecified atom stereocenters. The number of nitrogens with one attached hydrogen (secondary N) is 1. The van der Waals surface area contributed by atoms with Crippen molar-refractivity contribution in [3.05, 3.63) is 54.1 Å². The second-order valence-corrected chi connectivity index (χ2v) is 9.06. The van der Waals surface area contributed by atoms with Gasteiger partial charge in [-0.25, -0.2) is 0 Å². The van der Waals surface area contributed by atoms with Crippen molar-refractivity contribution in [2.75, 3.05) is 74.7 Å². The van der Waals surface area contributed by atoms with E-state index in [-0.39, 0.29) is 24.0 Å². The maximum atomic E-state index is 5.27. The summed E-state index contributed by atoms with van der Waals surface area (Å²) in [7, 11) is 3.57. The van der Waals surface area contributed by atoms with E-state index in [0.717, 1.165) is 57.5 Å². The molecule has 4 rings (SSSR count). The molecule has 0 amide bonds. The van der Waals surface area contributed by atoms with Gasteiger partial charge in [-0.2, -0.15) is 11.8 Å². The topological polar surface area (TPSA) is 43.3 Å². The molecule has 2 aromatic rings. The zero-order chi connectivity index (χ0) is 21.5. The molecule has 0 spiro atoms. The van der Waals surface area contributed by atoms with Gasteiger partial charge in [-0.1, -0.05) is 12.1 Å². The highest BCUT2D eigenvalue weighted by atomic mass is 127. The minimum Gasteiger partial charge on any atom is -0.497 e. The maximum absolute atomic E-state index is 5.27. The van der Waals surface area contributed by atoms with Gasteiger partial charge in [0.1, 0.15) is 5.75 Å². The molecule has 0 radical (unpaired) electrons. The van der Waals surface area contributed by atoms with E-state index < -0.39 is 0 Å². The minimum atomic E-state index is 0. The predicted octanol–water partition coefficient (Wildman–Crippen LogP) is 3.76. The number of methoxy groups -OCH3 is 1. The zero-order valence-electron chi connectivity index (χ0n) is 19.0. The van der Waals surface area contributed by atoms with Gasteiger partial charge in [-0.15, -0.1) is 24.0 Å². The molecule has 0 atom stereocenters. The molecule has 6 nitrogen and oxygen atoms in total. The highest BCUT2D eigenvalue weighted by molar-refractivity contribution is 14.0. The average molecular weight is 568 g/mol. The lowest BCUT2D eigenvalue weighted by Crippen LogP contribution is -2.52. The number of hydrogen-bond donors (Lipinski definition) is 1. The Morgan fingerprint density at radius 1 is 0.875 bits per heavy atom. The Bertz CT molecular complexity index is 848. The molecule has 2 aliphatic rings. The van der Waals surface area contributed by atoms with Crippen LogP contribution >= 0.6 is 35.7 Å². The fraction of sp³-hybridized carbons (Fsp3) is 0.458. The summed E-state index contributed by atoms with van der Waals surface area (Å²) in [5.41, 5.74) is 3.87. The Hall–Kier alpha value is -1.81. The van der Waals surface area contributed by atoms with Crippen LogP contribution in [0.3, 0.4) is 0 Å². The normalized spacial score (nSPS) is 17.1. The van der Waals surface area contributed by atoms with Crippen LogP contribution in [0.15, 0.2) is 53.5 Å². The summed E-state index contributed by atoms with van der Waals surface area (Å²) in [5, 5.41) is 3.55. The van der Waals surface area contributed by atoms with Crippen molar-refractivity contribution in [1.82, 2.24) is 10.2 Å². The van der Waals surface area contributed by atoms with Gasteiger partial charge in [0.25, 0.3) is 0 Å². The van der Waals surface area contributed by atoms with Gasteiger partial charge >= 0.3 is 0 Å². The molecule has 2 saturated heterocycles. The van der Waals surface area contributed by atoms with E-state index in [0.29, 0.717) is 0 Å². The monoisotopic (exact) mass is 567 g/mol. The van der Waals surface area contributed by atoms with Gasteiger partial charge in [0.05, 0.1) is 7.11 Å². The van der Waals surface area contributed by atoms with Crippen LogP contribution in [0.2, 0.25) is 0 Å². The van der Waals surface area contributed by atoms with Crippen molar-refractivity contribution in [1.29, 1.82) is 0 Å². The minimum absolute atomic E-state index is 0. The van der Waals surface area contributed by atoms with Crippen molar-refractivity contribution in [2.24, 2.45) is 4.99 Å². The van der Waals surface area contributed by atoms with E-state index in [1.807, 2.05) is 30.9 Å². The first-order valence-electron chi connectivity index (χ1n) is 11.0. The SMILES string of the molecule is CN=C(NCc1ccc(N2CCSCC2)cc1)N1CCN(c2ccc(OC)cc2)CC1.I. The Morgan fingerprint density at radius 2 is 1.44 bits per heavy atom. The lowest BCUT2D eigenvalue weighted by atomic mass is 10.2. The third-order valence-corrected chi connectivity index (χ3v) is 6.93. The quantitative estimate of drug-likeness (QED) is 0.338. The zero-order valence-corrected chi connectivity index (χ0v) is 22.1. The van der Waals surface area contributed by atoms with E-state index in [1.165, 1.54) is 28.4 Å². The highest BCUT2D eigenvalue weighted by Crippen LogP contribution is 2.21. The van der Waals surface area contributed by atoms with E-state index in [1.54, 1.807) is 7.11 Å². The van der Waals surface area contributed by atoms with Gasteiger partial charge in [-0.3, -0.25) is 4.99 Å². The van der Waals surface area contributed by atoms with E-state index in [9.17, 15) is 0 Å². The summed E-state index contributed by atoms with van der Waals surface area (Å²) in [6.07, 6.45) is 0. The molecule has 174 valence electrons. The molecular weight excluding hydrogens is 533 g/mol. The molecule has 32 heavy (non-hydrogen) atoms. The molecule has 0 aliphatic carbocycles. The Labute approximate surface area is 213 Å². The molecule has 0 aromatic heterocycles. The average Bonchev–Trinajstić information content (AvgIpc) is 2.86. The van der Waals surface area contributed by atoms with Crippen LogP contribution in [0.4, 0.5) is 11.4 Å². The number of halogens is 1. The van der Waals surface area contributed by atoms with Gasteiger partial charge in [-0.05, 0) is 42.0 Å². The number of anilines is 2. The number of rotatable bonds is 5. The molecule has 0 saturated carbocycles. The number of nitrogens with zero attached hydrogens (tertiary/aromatic N) is 4. The van der Waals surface area contributed by atoms with E-state index in [2.05, 4.69) is 61.4 Å². The largest absolute Gasteiger partial charge is 0.497 e. The van der Waals surface area contributed by atoms with Gasteiger partial charge < -0.3 is 24.8 Å². The Kier molecular flexibility index (Phi) is 9.65. The fourth-order valence-electron chi connectivity index (χ4n) is 4.13. The van der Waals surface area contributed by atoms with Gasteiger partial charge in [0.2, 0.25) is 0 Å². The first-order chi connectivity index (χ1) is 15.3. The summed E-state index contributed by atoms with van der Waals surface area (Å²) >= 11 is 2.05. The highest BCUT2D eigenvalue weighted by Gasteiger charge is 2.20. The first-order valence-corrected chi connectivity index (χ1v) is 12.2. The third-order valence-electron chi connectivity index (χ3n) is 5.99.